The molecule has 148 valence electrons. The Balaban J connectivity index is 1.49. The van der Waals surface area contributed by atoms with Gasteiger partial charge in [0.05, 0.1) is 10.6 Å². The SMILES string of the molecule is CS(=O)(=O)c1ccc(CNC(=O)CCC(=O)N2CCSc3ccccc32)cc1. The van der Waals surface area contributed by atoms with Gasteiger partial charge in [0.1, 0.15) is 0 Å². The molecule has 0 saturated carbocycles. The van der Waals surface area contributed by atoms with Crippen molar-refractivity contribution in [1.82, 2.24) is 5.32 Å². The molecule has 0 bridgehead atoms. The zero-order valence-electron chi connectivity index (χ0n) is 15.6. The predicted molar refractivity (Wildman–Crippen MR) is 110 cm³/mol. The van der Waals surface area contributed by atoms with E-state index in [0.717, 1.165) is 28.2 Å². The molecule has 2 aromatic rings. The monoisotopic (exact) mass is 418 g/mol. The van der Waals surface area contributed by atoms with Gasteiger partial charge < -0.3 is 10.2 Å². The highest BCUT2D eigenvalue weighted by atomic mass is 32.2. The summed E-state index contributed by atoms with van der Waals surface area (Å²) in [6.45, 7) is 0.940. The van der Waals surface area contributed by atoms with Crippen molar-refractivity contribution in [2.75, 3.05) is 23.5 Å². The van der Waals surface area contributed by atoms with Gasteiger partial charge in [-0.05, 0) is 29.8 Å². The van der Waals surface area contributed by atoms with E-state index in [0.29, 0.717) is 13.1 Å². The van der Waals surface area contributed by atoms with Crippen molar-refractivity contribution < 1.29 is 18.0 Å². The lowest BCUT2D eigenvalue weighted by atomic mass is 10.2. The molecule has 0 radical (unpaired) electrons. The molecule has 8 heteroatoms. The van der Waals surface area contributed by atoms with Crippen molar-refractivity contribution in [3.05, 3.63) is 54.1 Å². The van der Waals surface area contributed by atoms with Gasteiger partial charge in [-0.1, -0.05) is 24.3 Å². The Labute approximate surface area is 169 Å². The number of fused-ring (bicyclic) bond motifs is 1. The number of para-hydroxylation sites is 1. The molecular weight excluding hydrogens is 396 g/mol. The molecule has 0 saturated heterocycles. The Morgan fingerprint density at radius 1 is 1.07 bits per heavy atom. The van der Waals surface area contributed by atoms with E-state index in [4.69, 9.17) is 0 Å². The Kier molecular flexibility index (Phi) is 6.41. The number of rotatable bonds is 6. The van der Waals surface area contributed by atoms with Crippen LogP contribution in [0, 0.1) is 0 Å². The number of thioether (sulfide) groups is 1. The summed E-state index contributed by atoms with van der Waals surface area (Å²) in [5.74, 6) is 0.582. The summed E-state index contributed by atoms with van der Waals surface area (Å²) in [4.78, 5) is 27.7. The summed E-state index contributed by atoms with van der Waals surface area (Å²) >= 11 is 1.73. The van der Waals surface area contributed by atoms with Gasteiger partial charge in [-0.25, -0.2) is 8.42 Å². The minimum absolute atomic E-state index is 0.0552. The standard InChI is InChI=1S/C20H22N2O4S2/c1-28(25,26)16-8-6-15(7-9-16)14-21-19(23)10-11-20(24)22-12-13-27-18-5-3-2-4-17(18)22/h2-9H,10-14H2,1H3,(H,21,23). The third-order valence-corrected chi connectivity index (χ3v) is 6.61. The van der Waals surface area contributed by atoms with E-state index in [9.17, 15) is 18.0 Å². The lowest BCUT2D eigenvalue weighted by Crippen LogP contribution is -2.36. The number of sulfone groups is 1. The van der Waals surface area contributed by atoms with Crippen LogP contribution in [0.5, 0.6) is 0 Å². The van der Waals surface area contributed by atoms with E-state index in [2.05, 4.69) is 5.32 Å². The molecule has 1 aliphatic rings. The molecule has 1 heterocycles. The molecule has 6 nitrogen and oxygen atoms in total. The number of benzene rings is 2. The molecule has 0 spiro atoms. The number of nitrogens with zero attached hydrogens (tertiary/aromatic N) is 1. The number of hydrogen-bond acceptors (Lipinski definition) is 5. The maximum absolute atomic E-state index is 12.6. The average molecular weight is 419 g/mol. The Morgan fingerprint density at radius 2 is 1.79 bits per heavy atom. The predicted octanol–water partition coefficient (Wildman–Crippen LogP) is 2.63. The van der Waals surface area contributed by atoms with E-state index in [-0.39, 0.29) is 29.6 Å². The van der Waals surface area contributed by atoms with Crippen LogP contribution < -0.4 is 10.2 Å². The third kappa shape index (κ3) is 5.14. The maximum atomic E-state index is 12.6. The second-order valence-electron chi connectivity index (χ2n) is 6.55. The van der Waals surface area contributed by atoms with E-state index in [1.807, 2.05) is 24.3 Å². The van der Waals surface area contributed by atoms with Crippen LogP contribution in [0.1, 0.15) is 18.4 Å². The highest BCUT2D eigenvalue weighted by Crippen LogP contribution is 2.34. The largest absolute Gasteiger partial charge is 0.352 e. The Hall–Kier alpha value is -2.32. The summed E-state index contributed by atoms with van der Waals surface area (Å²) in [6.07, 6.45) is 1.42. The number of nitrogens with one attached hydrogen (secondary N) is 1. The van der Waals surface area contributed by atoms with E-state index in [1.54, 1.807) is 28.8 Å². The zero-order valence-corrected chi connectivity index (χ0v) is 17.2. The lowest BCUT2D eigenvalue weighted by Gasteiger charge is -2.29. The van der Waals surface area contributed by atoms with Gasteiger partial charge >= 0.3 is 0 Å². The van der Waals surface area contributed by atoms with Crippen LogP contribution in [0.2, 0.25) is 0 Å². The summed E-state index contributed by atoms with van der Waals surface area (Å²) in [7, 11) is -3.23. The topological polar surface area (TPSA) is 83.5 Å². The quantitative estimate of drug-likeness (QED) is 0.780. The van der Waals surface area contributed by atoms with Gasteiger partial charge in [-0.2, -0.15) is 0 Å². The first-order valence-corrected chi connectivity index (χ1v) is 11.8. The van der Waals surface area contributed by atoms with Crippen LogP contribution in [-0.2, 0) is 26.0 Å². The van der Waals surface area contributed by atoms with E-state index >= 15 is 0 Å². The molecule has 3 rings (SSSR count). The second kappa shape index (κ2) is 8.79. The third-order valence-electron chi connectivity index (χ3n) is 4.44. The van der Waals surface area contributed by atoms with E-state index in [1.165, 1.54) is 12.1 Å². The van der Waals surface area contributed by atoms with Crippen LogP contribution in [0.15, 0.2) is 58.3 Å². The molecule has 0 unspecified atom stereocenters. The highest BCUT2D eigenvalue weighted by molar-refractivity contribution is 7.99. The molecular formula is C20H22N2O4S2. The fourth-order valence-corrected chi connectivity index (χ4v) is 4.55. The van der Waals surface area contributed by atoms with Gasteiger partial charge in [0.15, 0.2) is 9.84 Å². The molecule has 0 atom stereocenters. The smallest absolute Gasteiger partial charge is 0.227 e. The van der Waals surface area contributed by atoms with Gasteiger partial charge in [-0.15, -0.1) is 11.8 Å². The summed E-state index contributed by atoms with van der Waals surface area (Å²) in [5, 5.41) is 2.77. The summed E-state index contributed by atoms with van der Waals surface area (Å²) in [6, 6.07) is 14.2. The fraction of sp³-hybridized carbons (Fsp3) is 0.300. The lowest BCUT2D eigenvalue weighted by molar-refractivity contribution is -0.125. The maximum Gasteiger partial charge on any atom is 0.227 e. The second-order valence-corrected chi connectivity index (χ2v) is 9.71. The van der Waals surface area contributed by atoms with Gasteiger partial charge in [0, 0.05) is 42.8 Å². The first kappa shape index (κ1) is 20.4. The molecule has 1 aliphatic heterocycles. The molecule has 0 fully saturated rings. The van der Waals surface area contributed by atoms with Crippen molar-refractivity contribution in [3.63, 3.8) is 0 Å². The van der Waals surface area contributed by atoms with Gasteiger partial charge in [0.25, 0.3) is 0 Å². The first-order chi connectivity index (χ1) is 13.3. The minimum Gasteiger partial charge on any atom is -0.352 e. The summed E-state index contributed by atoms with van der Waals surface area (Å²) < 4.78 is 22.9. The normalized spacial score (nSPS) is 13.7. The van der Waals surface area contributed by atoms with Crippen molar-refractivity contribution in [2.24, 2.45) is 0 Å². The van der Waals surface area contributed by atoms with Crippen LogP contribution in [0.4, 0.5) is 5.69 Å². The highest BCUT2D eigenvalue weighted by Gasteiger charge is 2.22. The van der Waals surface area contributed by atoms with Crippen LogP contribution in [-0.4, -0.2) is 38.8 Å². The number of anilines is 1. The molecule has 1 N–H and O–H groups in total. The molecule has 2 aromatic carbocycles. The Bertz CT molecular complexity index is 972. The molecule has 28 heavy (non-hydrogen) atoms. The van der Waals surface area contributed by atoms with Crippen molar-refractivity contribution >= 4 is 39.1 Å². The minimum atomic E-state index is -3.23. The fourth-order valence-electron chi connectivity index (χ4n) is 2.93. The van der Waals surface area contributed by atoms with Gasteiger partial charge in [-0.3, -0.25) is 9.59 Å². The number of hydrogen-bond donors (Lipinski definition) is 1. The molecule has 0 aromatic heterocycles. The van der Waals surface area contributed by atoms with Crippen LogP contribution in [0.25, 0.3) is 0 Å². The van der Waals surface area contributed by atoms with Gasteiger partial charge in [0.2, 0.25) is 11.8 Å². The van der Waals surface area contributed by atoms with Crippen LogP contribution >= 0.6 is 11.8 Å². The van der Waals surface area contributed by atoms with Crippen molar-refractivity contribution in [3.8, 4) is 0 Å². The van der Waals surface area contributed by atoms with E-state index < -0.39 is 9.84 Å². The number of amides is 2. The zero-order chi connectivity index (χ0) is 20.1. The van der Waals surface area contributed by atoms with Crippen LogP contribution in [0.3, 0.4) is 0 Å². The first-order valence-electron chi connectivity index (χ1n) is 8.92. The molecule has 0 aliphatic carbocycles. The average Bonchev–Trinajstić information content (AvgIpc) is 2.69. The Morgan fingerprint density at radius 3 is 2.50 bits per heavy atom. The summed E-state index contributed by atoms with van der Waals surface area (Å²) in [5.41, 5.74) is 1.71. The van der Waals surface area contributed by atoms with Crippen molar-refractivity contribution in [1.29, 1.82) is 0 Å². The molecule has 2 amide bonds. The van der Waals surface area contributed by atoms with Crippen molar-refractivity contribution in [2.45, 2.75) is 29.2 Å². The number of carbonyl (C=O) groups excluding carboxylic acids is 2. The number of carbonyl (C=O) groups is 2.